The Morgan fingerprint density at radius 2 is 2.20 bits per heavy atom. The summed E-state index contributed by atoms with van der Waals surface area (Å²) in [6.45, 7) is 7.30. The van der Waals surface area contributed by atoms with Gasteiger partial charge in [-0.2, -0.15) is 5.10 Å². The highest BCUT2D eigenvalue weighted by Gasteiger charge is 2.33. The summed E-state index contributed by atoms with van der Waals surface area (Å²) in [4.78, 5) is 24.0. The highest BCUT2D eigenvalue weighted by atomic mass is 16.5. The van der Waals surface area contributed by atoms with Crippen molar-refractivity contribution in [2.45, 2.75) is 32.9 Å². The monoisotopic (exact) mass is 344 g/mol. The average molecular weight is 344 g/mol. The van der Waals surface area contributed by atoms with Crippen LogP contribution in [0.3, 0.4) is 0 Å². The summed E-state index contributed by atoms with van der Waals surface area (Å²) < 4.78 is 7.35. The predicted octanol–water partition coefficient (Wildman–Crippen LogP) is 1.82. The minimum Gasteiger partial charge on any atom is -0.377 e. The molecule has 0 spiro atoms. The van der Waals surface area contributed by atoms with Crippen LogP contribution in [0.25, 0.3) is 0 Å². The molecule has 1 fully saturated rings. The van der Waals surface area contributed by atoms with Gasteiger partial charge in [0.2, 0.25) is 0 Å². The molecule has 1 aliphatic heterocycles. The Balaban J connectivity index is 1.95. The first-order valence-corrected chi connectivity index (χ1v) is 8.46. The van der Waals surface area contributed by atoms with Crippen LogP contribution in [0.1, 0.15) is 47.9 Å². The number of anilines is 1. The summed E-state index contributed by atoms with van der Waals surface area (Å²) >= 11 is 0. The topological polar surface area (TPSA) is 85.2 Å². The van der Waals surface area contributed by atoms with Crippen LogP contribution in [0.4, 0.5) is 5.82 Å². The second-order valence-corrected chi connectivity index (χ2v) is 6.35. The molecule has 0 bridgehead atoms. The van der Waals surface area contributed by atoms with Crippen LogP contribution in [0, 0.1) is 6.92 Å². The molecule has 1 amide bonds. The molecule has 0 aliphatic carbocycles. The Labute approximate surface area is 147 Å². The fraction of sp³-hybridized carbons (Fsp3) is 0.529. The third-order valence-corrected chi connectivity index (χ3v) is 4.19. The molecule has 1 saturated heterocycles. The third-order valence-electron chi connectivity index (χ3n) is 4.19. The molecule has 25 heavy (non-hydrogen) atoms. The molecule has 0 unspecified atom stereocenters. The van der Waals surface area contributed by atoms with Crippen molar-refractivity contribution in [3.63, 3.8) is 0 Å². The van der Waals surface area contributed by atoms with Crippen molar-refractivity contribution in [2.24, 2.45) is 0 Å². The molecule has 1 N–H and O–H groups in total. The third kappa shape index (κ3) is 3.48. The quantitative estimate of drug-likeness (QED) is 0.911. The van der Waals surface area contributed by atoms with Gasteiger partial charge in [-0.05, 0) is 26.8 Å². The van der Waals surface area contributed by atoms with Gasteiger partial charge >= 0.3 is 0 Å². The Kier molecular flexibility index (Phi) is 4.98. The van der Waals surface area contributed by atoms with Gasteiger partial charge in [-0.25, -0.2) is 9.97 Å². The van der Waals surface area contributed by atoms with Gasteiger partial charge < -0.3 is 15.0 Å². The Morgan fingerprint density at radius 3 is 2.92 bits per heavy atom. The van der Waals surface area contributed by atoms with Crippen LogP contribution in [0.2, 0.25) is 0 Å². The van der Waals surface area contributed by atoms with Gasteiger partial charge in [-0.15, -0.1) is 0 Å². The van der Waals surface area contributed by atoms with Crippen molar-refractivity contribution in [3.8, 4) is 0 Å². The Bertz CT molecular complexity index is 757. The van der Waals surface area contributed by atoms with Gasteiger partial charge in [-0.3, -0.25) is 9.48 Å². The van der Waals surface area contributed by atoms with Crippen LogP contribution in [0.5, 0.6) is 0 Å². The van der Waals surface area contributed by atoms with Crippen molar-refractivity contribution in [1.29, 1.82) is 0 Å². The van der Waals surface area contributed by atoms with Crippen LogP contribution < -0.4 is 5.32 Å². The standard InChI is InChI=1S/C17H24N6O2/c1-11(2)23-13(5-6-19-23)17(24)22-7-8-25-10-14(22)16-20-12(3)9-15(18-4)21-16/h5-6,9,11,14H,7-8,10H2,1-4H3,(H,18,20,21)/t14-/m1/s1. The summed E-state index contributed by atoms with van der Waals surface area (Å²) in [6, 6.07) is 3.42. The summed E-state index contributed by atoms with van der Waals surface area (Å²) in [5, 5.41) is 7.30. The van der Waals surface area contributed by atoms with E-state index in [0.29, 0.717) is 31.3 Å². The molecule has 1 aliphatic rings. The maximum absolute atomic E-state index is 13.1. The number of carbonyl (C=O) groups is 1. The summed E-state index contributed by atoms with van der Waals surface area (Å²) in [5.41, 5.74) is 1.42. The molecule has 0 aromatic carbocycles. The van der Waals surface area contributed by atoms with Crippen LogP contribution in [0.15, 0.2) is 18.3 Å². The van der Waals surface area contributed by atoms with E-state index in [1.54, 1.807) is 21.8 Å². The maximum atomic E-state index is 13.1. The zero-order chi connectivity index (χ0) is 18.0. The lowest BCUT2D eigenvalue weighted by atomic mass is 10.1. The van der Waals surface area contributed by atoms with Crippen LogP contribution in [-0.2, 0) is 4.74 Å². The van der Waals surface area contributed by atoms with Gasteiger partial charge in [0.1, 0.15) is 17.6 Å². The number of rotatable bonds is 4. The predicted molar refractivity (Wildman–Crippen MR) is 93.5 cm³/mol. The second-order valence-electron chi connectivity index (χ2n) is 6.35. The number of amides is 1. The minimum atomic E-state index is -0.316. The SMILES string of the molecule is CNc1cc(C)nc([C@H]2COCCN2C(=O)c2ccnn2C(C)C)n1. The molecule has 8 heteroatoms. The number of hydrogen-bond acceptors (Lipinski definition) is 6. The van der Waals surface area contributed by atoms with E-state index in [0.717, 1.165) is 11.5 Å². The van der Waals surface area contributed by atoms with Gasteiger partial charge in [0.25, 0.3) is 5.91 Å². The number of aryl methyl sites for hydroxylation is 1. The number of nitrogens with one attached hydrogen (secondary N) is 1. The van der Waals surface area contributed by atoms with Gasteiger partial charge in [0.15, 0.2) is 5.82 Å². The first kappa shape index (κ1) is 17.3. The molecule has 2 aromatic heterocycles. The van der Waals surface area contributed by atoms with E-state index in [4.69, 9.17) is 4.74 Å². The first-order valence-electron chi connectivity index (χ1n) is 8.46. The molecule has 0 radical (unpaired) electrons. The second kappa shape index (κ2) is 7.18. The fourth-order valence-electron chi connectivity index (χ4n) is 2.97. The molecule has 134 valence electrons. The smallest absolute Gasteiger partial charge is 0.272 e. The first-order chi connectivity index (χ1) is 12.0. The Hall–Kier alpha value is -2.48. The Morgan fingerprint density at radius 1 is 1.40 bits per heavy atom. The fourth-order valence-corrected chi connectivity index (χ4v) is 2.97. The van der Waals surface area contributed by atoms with Gasteiger partial charge in [-0.1, -0.05) is 0 Å². The van der Waals surface area contributed by atoms with E-state index in [9.17, 15) is 4.79 Å². The number of aromatic nitrogens is 4. The maximum Gasteiger partial charge on any atom is 0.272 e. The van der Waals surface area contributed by atoms with Crippen LogP contribution >= 0.6 is 0 Å². The lowest BCUT2D eigenvalue weighted by Gasteiger charge is -2.35. The summed E-state index contributed by atoms with van der Waals surface area (Å²) in [6.07, 6.45) is 1.66. The average Bonchev–Trinajstić information content (AvgIpc) is 3.10. The van der Waals surface area contributed by atoms with E-state index in [1.165, 1.54) is 0 Å². The van der Waals surface area contributed by atoms with Gasteiger partial charge in [0.05, 0.1) is 13.2 Å². The minimum absolute atomic E-state index is 0.0735. The van der Waals surface area contributed by atoms with Crippen molar-refractivity contribution in [3.05, 3.63) is 35.5 Å². The van der Waals surface area contributed by atoms with Crippen molar-refractivity contribution in [2.75, 3.05) is 32.1 Å². The van der Waals surface area contributed by atoms with E-state index in [1.807, 2.05) is 33.9 Å². The highest BCUT2D eigenvalue weighted by molar-refractivity contribution is 5.93. The number of morpholine rings is 1. The zero-order valence-corrected chi connectivity index (χ0v) is 15.1. The lowest BCUT2D eigenvalue weighted by molar-refractivity contribution is -0.00592. The lowest BCUT2D eigenvalue weighted by Crippen LogP contribution is -2.45. The van der Waals surface area contributed by atoms with Crippen molar-refractivity contribution < 1.29 is 9.53 Å². The molecule has 3 heterocycles. The summed E-state index contributed by atoms with van der Waals surface area (Å²) in [5.74, 6) is 1.25. The number of nitrogens with zero attached hydrogens (tertiary/aromatic N) is 5. The molecular formula is C17H24N6O2. The number of carbonyl (C=O) groups excluding carboxylic acids is 1. The molecule has 1 atom stereocenters. The molecule has 0 saturated carbocycles. The van der Waals surface area contributed by atoms with Crippen molar-refractivity contribution >= 4 is 11.7 Å². The molecular weight excluding hydrogens is 320 g/mol. The van der Waals surface area contributed by atoms with E-state index in [2.05, 4.69) is 20.4 Å². The van der Waals surface area contributed by atoms with E-state index in [-0.39, 0.29) is 18.0 Å². The summed E-state index contributed by atoms with van der Waals surface area (Å²) in [7, 11) is 1.81. The normalized spacial score (nSPS) is 17.8. The van der Waals surface area contributed by atoms with E-state index < -0.39 is 0 Å². The van der Waals surface area contributed by atoms with Crippen LogP contribution in [-0.4, -0.2) is 57.4 Å². The van der Waals surface area contributed by atoms with E-state index >= 15 is 0 Å². The number of hydrogen-bond donors (Lipinski definition) is 1. The largest absolute Gasteiger partial charge is 0.377 e. The molecule has 3 rings (SSSR count). The molecule has 8 nitrogen and oxygen atoms in total. The van der Waals surface area contributed by atoms with Gasteiger partial charge in [0, 0.05) is 37.6 Å². The van der Waals surface area contributed by atoms with Crippen molar-refractivity contribution in [1.82, 2.24) is 24.6 Å². The zero-order valence-electron chi connectivity index (χ0n) is 15.1. The number of ether oxygens (including phenoxy) is 1. The molecule has 2 aromatic rings. The highest BCUT2D eigenvalue weighted by Crippen LogP contribution is 2.25.